The molecule has 0 unspecified atom stereocenters. The fourth-order valence-corrected chi connectivity index (χ4v) is 4.11. The Hall–Kier alpha value is -4.05. The normalized spacial score (nSPS) is 10.9. The van der Waals surface area contributed by atoms with Crippen LogP contribution in [0.4, 0.5) is 0 Å². The number of rotatable bonds is 5. The summed E-state index contributed by atoms with van der Waals surface area (Å²) in [5.74, 6) is -0.582. The zero-order chi connectivity index (χ0) is 23.5. The molecular weight excluding hydrogens is 442 g/mol. The van der Waals surface area contributed by atoms with Gasteiger partial charge in [0.25, 0.3) is 17.4 Å². The van der Waals surface area contributed by atoms with Gasteiger partial charge in [-0.2, -0.15) is 5.10 Å². The molecule has 2 heterocycles. The average molecular weight is 464 g/mol. The van der Waals surface area contributed by atoms with E-state index in [-0.39, 0.29) is 23.0 Å². The molecular formula is C23H21N5O4S. The number of hydrazine groups is 1. The SMILES string of the molecule is COc1ccccc1-c1nc(C(=O)NNC(=O)c2nn(C(C)C)c(=O)c3ccccc23)cs1. The third-order valence-corrected chi connectivity index (χ3v) is 5.77. The second-order valence-corrected chi connectivity index (χ2v) is 8.24. The highest BCUT2D eigenvalue weighted by Gasteiger charge is 2.19. The third-order valence-electron chi connectivity index (χ3n) is 4.90. The van der Waals surface area contributed by atoms with Crippen LogP contribution < -0.4 is 21.1 Å². The summed E-state index contributed by atoms with van der Waals surface area (Å²) in [5, 5.41) is 7.21. The Balaban J connectivity index is 1.55. The largest absolute Gasteiger partial charge is 0.496 e. The highest BCUT2D eigenvalue weighted by Crippen LogP contribution is 2.31. The van der Waals surface area contributed by atoms with Gasteiger partial charge in [0.2, 0.25) is 0 Å². The Morgan fingerprint density at radius 2 is 1.67 bits per heavy atom. The van der Waals surface area contributed by atoms with Crippen LogP contribution in [-0.4, -0.2) is 33.7 Å². The highest BCUT2D eigenvalue weighted by molar-refractivity contribution is 7.13. The molecule has 9 nitrogen and oxygen atoms in total. The number of amides is 2. The lowest BCUT2D eigenvalue weighted by molar-refractivity contribution is 0.0841. The molecule has 0 fully saturated rings. The van der Waals surface area contributed by atoms with Crippen LogP contribution in [0.25, 0.3) is 21.3 Å². The van der Waals surface area contributed by atoms with Crippen LogP contribution in [0.1, 0.15) is 40.9 Å². The average Bonchev–Trinajstić information content (AvgIpc) is 3.32. The maximum atomic E-state index is 12.9. The summed E-state index contributed by atoms with van der Waals surface area (Å²) < 4.78 is 6.59. The second-order valence-electron chi connectivity index (χ2n) is 7.38. The molecule has 168 valence electrons. The van der Waals surface area contributed by atoms with E-state index in [0.717, 1.165) is 5.56 Å². The van der Waals surface area contributed by atoms with E-state index in [1.165, 1.54) is 16.0 Å². The van der Waals surface area contributed by atoms with Gasteiger partial charge in [0.05, 0.1) is 24.1 Å². The molecule has 4 rings (SSSR count). The van der Waals surface area contributed by atoms with Crippen LogP contribution in [0, 0.1) is 0 Å². The number of nitrogens with one attached hydrogen (secondary N) is 2. The molecule has 0 aliphatic carbocycles. The molecule has 2 aromatic heterocycles. The van der Waals surface area contributed by atoms with Crippen molar-refractivity contribution in [1.29, 1.82) is 0 Å². The Kier molecular flexibility index (Phi) is 6.18. The maximum absolute atomic E-state index is 12.9. The maximum Gasteiger partial charge on any atom is 0.290 e. The summed E-state index contributed by atoms with van der Waals surface area (Å²) in [6.45, 7) is 3.60. The first-order valence-corrected chi connectivity index (χ1v) is 11.0. The first kappa shape index (κ1) is 22.2. The van der Waals surface area contributed by atoms with Crippen LogP contribution >= 0.6 is 11.3 Å². The van der Waals surface area contributed by atoms with Crippen molar-refractivity contribution in [2.75, 3.05) is 7.11 Å². The van der Waals surface area contributed by atoms with Gasteiger partial charge in [-0.1, -0.05) is 30.3 Å². The monoisotopic (exact) mass is 463 g/mol. The molecule has 0 bridgehead atoms. The van der Waals surface area contributed by atoms with Gasteiger partial charge in [0.15, 0.2) is 5.69 Å². The van der Waals surface area contributed by atoms with Gasteiger partial charge < -0.3 is 4.74 Å². The number of nitrogens with zero attached hydrogens (tertiary/aromatic N) is 3. The lowest BCUT2D eigenvalue weighted by atomic mass is 10.1. The number of benzene rings is 2. The van der Waals surface area contributed by atoms with E-state index in [1.54, 1.807) is 50.6 Å². The van der Waals surface area contributed by atoms with Crippen molar-refractivity contribution in [3.8, 4) is 16.3 Å². The number of fused-ring (bicyclic) bond motifs is 1. The van der Waals surface area contributed by atoms with Crippen LogP contribution in [0.2, 0.25) is 0 Å². The van der Waals surface area contributed by atoms with Crippen LogP contribution in [0.15, 0.2) is 58.7 Å². The van der Waals surface area contributed by atoms with Crippen LogP contribution in [-0.2, 0) is 0 Å². The van der Waals surface area contributed by atoms with E-state index in [2.05, 4.69) is 20.9 Å². The Labute approximate surface area is 193 Å². The molecule has 2 amide bonds. The Morgan fingerprint density at radius 3 is 2.39 bits per heavy atom. The number of methoxy groups -OCH3 is 1. The summed E-state index contributed by atoms with van der Waals surface area (Å²) in [7, 11) is 1.57. The van der Waals surface area contributed by atoms with Crippen molar-refractivity contribution in [3.05, 3.63) is 75.7 Å². The van der Waals surface area contributed by atoms with Gasteiger partial charge in [-0.05, 0) is 32.0 Å². The van der Waals surface area contributed by atoms with Gasteiger partial charge in [-0.3, -0.25) is 25.2 Å². The number of thiazole rings is 1. The molecule has 2 N–H and O–H groups in total. The fourth-order valence-electron chi connectivity index (χ4n) is 3.28. The van der Waals surface area contributed by atoms with Crippen molar-refractivity contribution >= 4 is 33.9 Å². The topological polar surface area (TPSA) is 115 Å². The van der Waals surface area contributed by atoms with Gasteiger partial charge >= 0.3 is 0 Å². The number of carbonyl (C=O) groups excluding carboxylic acids is 2. The van der Waals surface area contributed by atoms with Crippen molar-refractivity contribution in [2.24, 2.45) is 0 Å². The number of hydrogen-bond donors (Lipinski definition) is 2. The fraction of sp³-hybridized carbons (Fsp3) is 0.174. The van der Waals surface area contributed by atoms with Crippen LogP contribution in [0.5, 0.6) is 5.75 Å². The number of aromatic nitrogens is 3. The minimum Gasteiger partial charge on any atom is -0.496 e. The van der Waals surface area contributed by atoms with Gasteiger partial charge in [0, 0.05) is 10.8 Å². The molecule has 0 spiro atoms. The molecule has 0 radical (unpaired) electrons. The van der Waals surface area contributed by atoms with E-state index in [0.29, 0.717) is 21.5 Å². The van der Waals surface area contributed by atoms with E-state index < -0.39 is 11.8 Å². The lowest BCUT2D eigenvalue weighted by Gasteiger charge is -2.13. The predicted octanol–water partition coefficient (Wildman–Crippen LogP) is 3.18. The molecule has 0 saturated carbocycles. The molecule has 0 aliphatic heterocycles. The van der Waals surface area contributed by atoms with Gasteiger partial charge in [0.1, 0.15) is 16.5 Å². The second kappa shape index (κ2) is 9.21. The molecule has 0 atom stereocenters. The van der Waals surface area contributed by atoms with Crippen molar-refractivity contribution in [3.63, 3.8) is 0 Å². The number of para-hydroxylation sites is 1. The third kappa shape index (κ3) is 4.33. The van der Waals surface area contributed by atoms with Crippen molar-refractivity contribution in [2.45, 2.75) is 19.9 Å². The predicted molar refractivity (Wildman–Crippen MR) is 125 cm³/mol. The Bertz CT molecular complexity index is 1410. The zero-order valence-corrected chi connectivity index (χ0v) is 19.0. The summed E-state index contributed by atoms with van der Waals surface area (Å²) >= 11 is 1.28. The molecule has 4 aromatic rings. The van der Waals surface area contributed by atoms with Gasteiger partial charge in [-0.25, -0.2) is 9.67 Å². The van der Waals surface area contributed by atoms with E-state index >= 15 is 0 Å². The summed E-state index contributed by atoms with van der Waals surface area (Å²) in [4.78, 5) is 42.4. The zero-order valence-electron chi connectivity index (χ0n) is 18.2. The van der Waals surface area contributed by atoms with Crippen LogP contribution in [0.3, 0.4) is 0 Å². The van der Waals surface area contributed by atoms with Crippen molar-refractivity contribution in [1.82, 2.24) is 25.6 Å². The Morgan fingerprint density at radius 1 is 1.00 bits per heavy atom. The smallest absolute Gasteiger partial charge is 0.290 e. The summed E-state index contributed by atoms with van der Waals surface area (Å²) in [6.07, 6.45) is 0. The highest BCUT2D eigenvalue weighted by atomic mass is 32.1. The van der Waals surface area contributed by atoms with E-state index in [1.807, 2.05) is 24.3 Å². The van der Waals surface area contributed by atoms with Crippen molar-refractivity contribution < 1.29 is 14.3 Å². The molecule has 0 saturated heterocycles. The molecule has 2 aromatic carbocycles. The molecule has 33 heavy (non-hydrogen) atoms. The summed E-state index contributed by atoms with van der Waals surface area (Å²) in [5.41, 5.74) is 5.39. The van der Waals surface area contributed by atoms with E-state index in [4.69, 9.17) is 4.74 Å². The molecule has 10 heteroatoms. The summed E-state index contributed by atoms with van der Waals surface area (Å²) in [6, 6.07) is 13.8. The number of hydrogen-bond acceptors (Lipinski definition) is 7. The number of ether oxygens (including phenoxy) is 1. The molecule has 0 aliphatic rings. The van der Waals surface area contributed by atoms with E-state index in [9.17, 15) is 14.4 Å². The first-order chi connectivity index (χ1) is 15.9. The van der Waals surface area contributed by atoms with Gasteiger partial charge in [-0.15, -0.1) is 11.3 Å². The standard InChI is InChI=1S/C23H21N5O4S/c1-13(2)28-23(31)15-9-5-4-8-14(15)19(27-28)21(30)26-25-20(29)17-12-33-22(24-17)16-10-6-7-11-18(16)32-3/h4-13H,1-3H3,(H,25,29)(H,26,30). The first-order valence-electron chi connectivity index (χ1n) is 10.1. The number of carbonyl (C=O) groups is 2. The minimum atomic E-state index is -0.644. The quantitative estimate of drug-likeness (QED) is 0.439. The lowest BCUT2D eigenvalue weighted by Crippen LogP contribution is -2.43. The minimum absolute atomic E-state index is 0.0344.